The van der Waals surface area contributed by atoms with Crippen molar-refractivity contribution in [1.82, 2.24) is 10.0 Å². The molecule has 0 atom stereocenters. The van der Waals surface area contributed by atoms with Crippen LogP contribution in [-0.2, 0) is 10.0 Å². The third-order valence-electron chi connectivity index (χ3n) is 2.07. The molecule has 2 N–H and O–H groups in total. The predicted octanol–water partition coefficient (Wildman–Crippen LogP) is 2.03. The second kappa shape index (κ2) is 6.62. The van der Waals surface area contributed by atoms with Crippen molar-refractivity contribution in [1.29, 1.82) is 0 Å². The third kappa shape index (κ3) is 4.49. The van der Waals surface area contributed by atoms with Crippen LogP contribution in [0, 0.1) is 0 Å². The number of hydrogen-bond acceptors (Lipinski definition) is 4. The maximum absolute atomic E-state index is 11.8. The Morgan fingerprint density at radius 2 is 2.00 bits per heavy atom. The SMILES string of the molecule is CCCNC(=O)NS(=O)(=O)c1ccc(N=[N+]=[N-])cc1. The smallest absolute Gasteiger partial charge is 0.328 e. The van der Waals surface area contributed by atoms with E-state index in [-0.39, 0.29) is 10.6 Å². The zero-order valence-electron chi connectivity index (χ0n) is 10.2. The molecule has 0 bridgehead atoms. The molecule has 8 nitrogen and oxygen atoms in total. The van der Waals surface area contributed by atoms with Gasteiger partial charge in [0.05, 0.1) is 4.90 Å². The predicted molar refractivity (Wildman–Crippen MR) is 69.3 cm³/mol. The maximum atomic E-state index is 11.8. The molecule has 102 valence electrons. The summed E-state index contributed by atoms with van der Waals surface area (Å²) in [6.07, 6.45) is 0.703. The molecule has 1 rings (SSSR count). The van der Waals surface area contributed by atoms with Gasteiger partial charge in [-0.15, -0.1) is 0 Å². The lowest BCUT2D eigenvalue weighted by molar-refractivity contribution is 0.246. The first kappa shape index (κ1) is 14.8. The molecule has 2 amide bonds. The number of sulfonamides is 1. The Bertz CT molecular complexity index is 590. The first-order chi connectivity index (χ1) is 8.99. The van der Waals surface area contributed by atoms with E-state index in [1.807, 2.05) is 11.6 Å². The largest absolute Gasteiger partial charge is 0.337 e. The Morgan fingerprint density at radius 1 is 1.37 bits per heavy atom. The zero-order chi connectivity index (χ0) is 14.3. The average molecular weight is 283 g/mol. The van der Waals surface area contributed by atoms with Gasteiger partial charge in [-0.25, -0.2) is 17.9 Å². The van der Waals surface area contributed by atoms with Gasteiger partial charge in [0.25, 0.3) is 10.0 Å². The van der Waals surface area contributed by atoms with Gasteiger partial charge >= 0.3 is 6.03 Å². The molecule has 1 aromatic carbocycles. The number of nitrogens with zero attached hydrogens (tertiary/aromatic N) is 3. The van der Waals surface area contributed by atoms with Gasteiger partial charge in [0.1, 0.15) is 0 Å². The van der Waals surface area contributed by atoms with Crippen molar-refractivity contribution in [2.45, 2.75) is 18.2 Å². The minimum atomic E-state index is -3.92. The molecule has 0 fully saturated rings. The summed E-state index contributed by atoms with van der Waals surface area (Å²) in [5.74, 6) is 0. The van der Waals surface area contributed by atoms with Crippen LogP contribution in [0.5, 0.6) is 0 Å². The fourth-order valence-electron chi connectivity index (χ4n) is 1.20. The van der Waals surface area contributed by atoms with Crippen LogP contribution in [-0.4, -0.2) is 21.0 Å². The van der Waals surface area contributed by atoms with Crippen LogP contribution in [0.15, 0.2) is 34.3 Å². The van der Waals surface area contributed by atoms with Gasteiger partial charge in [0.2, 0.25) is 0 Å². The van der Waals surface area contributed by atoms with Gasteiger partial charge in [-0.3, -0.25) is 0 Å². The summed E-state index contributed by atoms with van der Waals surface area (Å²) in [5, 5.41) is 5.71. The highest BCUT2D eigenvalue weighted by Crippen LogP contribution is 2.16. The Hall–Kier alpha value is -2.25. The highest BCUT2D eigenvalue weighted by atomic mass is 32.2. The van der Waals surface area contributed by atoms with Crippen molar-refractivity contribution in [3.8, 4) is 0 Å². The summed E-state index contributed by atoms with van der Waals surface area (Å²) in [7, 11) is -3.92. The minimum Gasteiger partial charge on any atom is -0.337 e. The molecule has 9 heteroatoms. The molecule has 0 unspecified atom stereocenters. The normalized spacial score (nSPS) is 10.4. The Kier molecular flexibility index (Phi) is 5.16. The van der Waals surface area contributed by atoms with E-state index in [0.29, 0.717) is 13.0 Å². The molecule has 1 aromatic rings. The topological polar surface area (TPSA) is 124 Å². The molecule has 0 aromatic heterocycles. The summed E-state index contributed by atoms with van der Waals surface area (Å²) in [6, 6.07) is 4.41. The lowest BCUT2D eigenvalue weighted by Crippen LogP contribution is -2.39. The van der Waals surface area contributed by atoms with Gasteiger partial charge in [-0.1, -0.05) is 24.2 Å². The number of hydrogen-bond donors (Lipinski definition) is 2. The second-order valence-corrected chi connectivity index (χ2v) is 5.23. The minimum absolute atomic E-state index is 0.0870. The zero-order valence-corrected chi connectivity index (χ0v) is 11.0. The van der Waals surface area contributed by atoms with E-state index in [1.54, 1.807) is 0 Å². The van der Waals surface area contributed by atoms with Gasteiger partial charge in [-0.2, -0.15) is 0 Å². The van der Waals surface area contributed by atoms with Crippen LogP contribution in [0.2, 0.25) is 0 Å². The second-order valence-electron chi connectivity index (χ2n) is 3.54. The first-order valence-corrected chi connectivity index (χ1v) is 6.93. The van der Waals surface area contributed by atoms with Crippen LogP contribution < -0.4 is 10.0 Å². The van der Waals surface area contributed by atoms with Gasteiger partial charge in [0, 0.05) is 17.1 Å². The van der Waals surface area contributed by atoms with Crippen LogP contribution in [0.4, 0.5) is 10.5 Å². The molecule has 0 aliphatic carbocycles. The van der Waals surface area contributed by atoms with Gasteiger partial charge in [-0.05, 0) is 24.1 Å². The van der Waals surface area contributed by atoms with Crippen LogP contribution in [0.1, 0.15) is 13.3 Å². The quantitative estimate of drug-likeness (QED) is 0.488. The Balaban J connectivity index is 2.82. The molecule has 0 saturated heterocycles. The van der Waals surface area contributed by atoms with E-state index in [9.17, 15) is 13.2 Å². The van der Waals surface area contributed by atoms with E-state index >= 15 is 0 Å². The molecule has 0 aliphatic rings. The van der Waals surface area contributed by atoms with Crippen molar-refractivity contribution in [3.05, 3.63) is 34.7 Å². The summed E-state index contributed by atoms with van der Waals surface area (Å²) >= 11 is 0. The Morgan fingerprint density at radius 3 is 2.53 bits per heavy atom. The summed E-state index contributed by atoms with van der Waals surface area (Å²) < 4.78 is 25.5. The maximum Gasteiger partial charge on any atom is 0.328 e. The van der Waals surface area contributed by atoms with Crippen molar-refractivity contribution in [3.63, 3.8) is 0 Å². The van der Waals surface area contributed by atoms with Crippen molar-refractivity contribution < 1.29 is 13.2 Å². The molecular formula is C10H13N5O3S. The highest BCUT2D eigenvalue weighted by molar-refractivity contribution is 7.90. The number of carbonyl (C=O) groups is 1. The van der Waals surface area contributed by atoms with Crippen molar-refractivity contribution >= 4 is 21.7 Å². The number of rotatable bonds is 5. The monoisotopic (exact) mass is 283 g/mol. The molecule has 0 radical (unpaired) electrons. The van der Waals surface area contributed by atoms with Crippen LogP contribution in [0.3, 0.4) is 0 Å². The average Bonchev–Trinajstić information content (AvgIpc) is 2.37. The van der Waals surface area contributed by atoms with Gasteiger partial charge < -0.3 is 5.32 Å². The van der Waals surface area contributed by atoms with Crippen molar-refractivity contribution in [2.24, 2.45) is 5.11 Å². The number of azide groups is 1. The Labute approximate surface area is 110 Å². The van der Waals surface area contributed by atoms with Crippen molar-refractivity contribution in [2.75, 3.05) is 6.54 Å². The van der Waals surface area contributed by atoms with E-state index in [0.717, 1.165) is 0 Å². The summed E-state index contributed by atoms with van der Waals surface area (Å²) in [5.41, 5.74) is 8.51. The summed E-state index contributed by atoms with van der Waals surface area (Å²) in [6.45, 7) is 2.24. The first-order valence-electron chi connectivity index (χ1n) is 5.45. The van der Waals surface area contributed by atoms with E-state index in [4.69, 9.17) is 5.53 Å². The number of benzene rings is 1. The number of nitrogens with one attached hydrogen (secondary N) is 2. The van der Waals surface area contributed by atoms with E-state index < -0.39 is 16.1 Å². The van der Waals surface area contributed by atoms with E-state index in [1.165, 1.54) is 24.3 Å². The number of amides is 2. The standard InChI is InChI=1S/C10H13N5O3S/c1-2-7-12-10(16)14-19(17,18)9-5-3-8(4-6-9)13-15-11/h3-6H,2,7H2,1H3,(H2,12,14,16). The van der Waals surface area contributed by atoms with Crippen LogP contribution >= 0.6 is 0 Å². The molecular weight excluding hydrogens is 270 g/mol. The molecule has 0 saturated carbocycles. The van der Waals surface area contributed by atoms with Crippen LogP contribution in [0.25, 0.3) is 10.4 Å². The molecule has 19 heavy (non-hydrogen) atoms. The molecule has 0 spiro atoms. The number of urea groups is 1. The lowest BCUT2D eigenvalue weighted by atomic mass is 10.3. The van der Waals surface area contributed by atoms with Gasteiger partial charge in [0.15, 0.2) is 0 Å². The lowest BCUT2D eigenvalue weighted by Gasteiger charge is -2.07. The highest BCUT2D eigenvalue weighted by Gasteiger charge is 2.16. The third-order valence-corrected chi connectivity index (χ3v) is 3.42. The number of carbonyl (C=O) groups excluding carboxylic acids is 1. The van der Waals surface area contributed by atoms with E-state index in [2.05, 4.69) is 15.3 Å². The summed E-state index contributed by atoms with van der Waals surface area (Å²) in [4.78, 5) is 13.8. The fraction of sp³-hybridized carbons (Fsp3) is 0.300. The molecule has 0 heterocycles. The fourth-order valence-corrected chi connectivity index (χ4v) is 2.13. The molecule has 0 aliphatic heterocycles.